The number of hydrogen-bond donors (Lipinski definition) is 3. The number of aliphatic hydroxyl groups is 1. The number of nitrogens with one attached hydrogen (secondary N) is 2. The van der Waals surface area contributed by atoms with E-state index in [4.69, 9.17) is 0 Å². The molecule has 0 bridgehead atoms. The number of rotatable bonds is 6. The van der Waals surface area contributed by atoms with Crippen molar-refractivity contribution >= 4 is 55.5 Å². The van der Waals surface area contributed by atoms with Gasteiger partial charge in [0.15, 0.2) is 5.13 Å². The van der Waals surface area contributed by atoms with Crippen LogP contribution in [0.2, 0.25) is 0 Å². The molecule has 1 aliphatic rings. The lowest BCUT2D eigenvalue weighted by atomic mass is 10.2. The van der Waals surface area contributed by atoms with Crippen LogP contribution in [0.3, 0.4) is 0 Å². The molecule has 14 heteroatoms. The van der Waals surface area contributed by atoms with Crippen LogP contribution in [-0.4, -0.2) is 68.5 Å². The molecule has 1 atom stereocenters. The molecule has 0 unspecified atom stereocenters. The third-order valence-corrected chi connectivity index (χ3v) is 6.81. The first kappa shape index (κ1) is 24.8. The Morgan fingerprint density at radius 3 is 2.73 bits per heavy atom. The van der Waals surface area contributed by atoms with Crippen molar-refractivity contribution in [2.45, 2.75) is 18.9 Å². The number of aliphatic hydroxyl groups excluding tert-OH is 1. The number of benzene rings is 2. The fourth-order valence-electron chi connectivity index (χ4n) is 4.04. The molecule has 194 valence electrons. The van der Waals surface area contributed by atoms with Gasteiger partial charge in [-0.25, -0.2) is 9.97 Å². The van der Waals surface area contributed by atoms with Crippen LogP contribution in [0, 0.1) is 0 Å². The molecule has 10 nitrogen and oxygen atoms in total. The maximum Gasteiger partial charge on any atom is 0.573 e. The van der Waals surface area contributed by atoms with Crippen molar-refractivity contribution in [3.63, 3.8) is 0 Å². The summed E-state index contributed by atoms with van der Waals surface area (Å²) in [7, 11) is 1.77. The normalized spacial score (nSPS) is 15.9. The highest BCUT2D eigenvalue weighted by Gasteiger charge is 2.31. The van der Waals surface area contributed by atoms with E-state index >= 15 is 0 Å². The molecule has 3 heterocycles. The van der Waals surface area contributed by atoms with Gasteiger partial charge in [0, 0.05) is 31.8 Å². The first-order valence-electron chi connectivity index (χ1n) is 11.2. The summed E-state index contributed by atoms with van der Waals surface area (Å²) < 4.78 is 43.7. The zero-order chi connectivity index (χ0) is 26.3. The molecule has 0 spiro atoms. The minimum absolute atomic E-state index is 0.175. The predicted molar refractivity (Wildman–Crippen MR) is 130 cm³/mol. The number of aromatic nitrogens is 3. The van der Waals surface area contributed by atoms with Gasteiger partial charge in [-0.15, -0.1) is 13.2 Å². The van der Waals surface area contributed by atoms with E-state index in [1.165, 1.54) is 23.1 Å². The molecule has 2 amide bonds. The van der Waals surface area contributed by atoms with E-state index in [0.717, 1.165) is 16.9 Å². The Bertz CT molecular complexity index is 1500. The summed E-state index contributed by atoms with van der Waals surface area (Å²) in [5.41, 5.74) is 2.07. The van der Waals surface area contributed by atoms with Gasteiger partial charge in [0.25, 0.3) is 5.91 Å². The fraction of sp³-hybridized carbons (Fsp3) is 0.304. The van der Waals surface area contributed by atoms with Crippen LogP contribution >= 0.6 is 11.3 Å². The summed E-state index contributed by atoms with van der Waals surface area (Å²) in [6.45, 7) is 0.552. The van der Waals surface area contributed by atoms with Gasteiger partial charge in [0.2, 0.25) is 11.9 Å². The number of thiazole rings is 1. The summed E-state index contributed by atoms with van der Waals surface area (Å²) in [4.78, 5) is 35.2. The zero-order valence-corrected chi connectivity index (χ0v) is 20.2. The largest absolute Gasteiger partial charge is 0.573 e. The monoisotopic (exact) mass is 534 g/mol. The first-order valence-corrected chi connectivity index (χ1v) is 12.0. The molecule has 2 aromatic heterocycles. The number of carbonyl (C=O) groups excluding carboxylic acids is 2. The minimum Gasteiger partial charge on any atom is -0.406 e. The molecule has 0 saturated carbocycles. The van der Waals surface area contributed by atoms with Gasteiger partial charge in [-0.3, -0.25) is 9.59 Å². The van der Waals surface area contributed by atoms with E-state index in [1.54, 1.807) is 29.8 Å². The van der Waals surface area contributed by atoms with Crippen LogP contribution in [0.25, 0.3) is 21.3 Å². The molecule has 5 rings (SSSR count). The van der Waals surface area contributed by atoms with Crippen molar-refractivity contribution in [1.82, 2.24) is 24.8 Å². The van der Waals surface area contributed by atoms with E-state index < -0.39 is 18.4 Å². The molecule has 1 fully saturated rings. The number of imidazole rings is 1. The lowest BCUT2D eigenvalue weighted by molar-refractivity contribution is -0.274. The van der Waals surface area contributed by atoms with Crippen molar-refractivity contribution in [2.24, 2.45) is 7.05 Å². The van der Waals surface area contributed by atoms with Crippen LogP contribution in [-0.2, 0) is 11.8 Å². The highest BCUT2D eigenvalue weighted by molar-refractivity contribution is 7.22. The molecule has 3 N–H and O–H groups in total. The molecule has 0 aliphatic carbocycles. The van der Waals surface area contributed by atoms with Crippen molar-refractivity contribution in [2.75, 3.05) is 25.0 Å². The number of carbonyl (C=O) groups is 2. The predicted octanol–water partition coefficient (Wildman–Crippen LogP) is 3.15. The summed E-state index contributed by atoms with van der Waals surface area (Å²) in [6.07, 6.45) is -4.79. The number of fused-ring (bicyclic) bond motifs is 2. The first-order chi connectivity index (χ1) is 17.6. The van der Waals surface area contributed by atoms with Gasteiger partial charge in [-0.1, -0.05) is 11.3 Å². The van der Waals surface area contributed by atoms with Gasteiger partial charge in [0.05, 0.1) is 33.9 Å². The van der Waals surface area contributed by atoms with E-state index in [2.05, 4.69) is 25.3 Å². The number of anilines is 2. The molecule has 0 radical (unpaired) electrons. The van der Waals surface area contributed by atoms with E-state index in [0.29, 0.717) is 45.3 Å². The van der Waals surface area contributed by atoms with Gasteiger partial charge in [-0.2, -0.15) is 0 Å². The second-order valence-corrected chi connectivity index (χ2v) is 9.51. The van der Waals surface area contributed by atoms with Gasteiger partial charge >= 0.3 is 6.36 Å². The number of hydrogen-bond acceptors (Lipinski definition) is 8. The van der Waals surface area contributed by atoms with Crippen molar-refractivity contribution in [3.05, 3.63) is 42.0 Å². The Morgan fingerprint density at radius 2 is 2.00 bits per heavy atom. The number of aryl methyl sites for hydroxylation is 1. The average molecular weight is 535 g/mol. The molecule has 37 heavy (non-hydrogen) atoms. The average Bonchev–Trinajstić information content (AvgIpc) is 3.53. The number of nitrogens with zero attached hydrogens (tertiary/aromatic N) is 4. The van der Waals surface area contributed by atoms with Crippen LogP contribution in [0.1, 0.15) is 16.8 Å². The number of halogens is 3. The van der Waals surface area contributed by atoms with Crippen LogP contribution in [0.15, 0.2) is 36.4 Å². The zero-order valence-electron chi connectivity index (χ0n) is 19.4. The van der Waals surface area contributed by atoms with Crippen LogP contribution in [0.4, 0.5) is 24.3 Å². The summed E-state index contributed by atoms with van der Waals surface area (Å²) in [6, 6.07) is 8.84. The Hall–Kier alpha value is -3.91. The molecule has 2 aromatic carbocycles. The van der Waals surface area contributed by atoms with Crippen LogP contribution < -0.4 is 15.4 Å². The molecule has 1 aliphatic heterocycles. The third kappa shape index (κ3) is 5.44. The quantitative estimate of drug-likeness (QED) is 0.348. The summed E-state index contributed by atoms with van der Waals surface area (Å²) in [5, 5.41) is 15.6. The number of likely N-dealkylation sites (tertiary alicyclic amines) is 1. The van der Waals surface area contributed by atoms with Crippen molar-refractivity contribution in [3.8, 4) is 5.75 Å². The standard InChI is InChI=1S/C23H21F3N6O4S/c1-31-17-5-2-12(20(35)27-10-19(34)32-7-6-13(33)11-32)8-16(17)28-21(31)30-22-29-15-4-3-14(9-18(15)37-22)36-23(24,25)26/h2-5,8-9,13,33H,6-7,10-11H2,1H3,(H,27,35)(H,28,29,30)/t13-/m1/s1. The Morgan fingerprint density at radius 1 is 1.19 bits per heavy atom. The molecular weight excluding hydrogens is 513 g/mol. The van der Waals surface area contributed by atoms with Crippen LogP contribution in [0.5, 0.6) is 5.75 Å². The van der Waals surface area contributed by atoms with Gasteiger partial charge in [-0.05, 0) is 36.8 Å². The maximum atomic E-state index is 12.6. The summed E-state index contributed by atoms with van der Waals surface area (Å²) >= 11 is 1.14. The van der Waals surface area contributed by atoms with Gasteiger partial charge < -0.3 is 29.9 Å². The number of amides is 2. The smallest absolute Gasteiger partial charge is 0.406 e. The fourth-order valence-corrected chi connectivity index (χ4v) is 4.93. The summed E-state index contributed by atoms with van der Waals surface area (Å²) in [5.74, 6) is -0.606. The van der Waals surface area contributed by atoms with Crippen molar-refractivity contribution < 1.29 is 32.6 Å². The second kappa shape index (κ2) is 9.52. The maximum absolute atomic E-state index is 12.6. The van der Waals surface area contributed by atoms with E-state index in [-0.39, 0.29) is 24.7 Å². The van der Waals surface area contributed by atoms with Crippen molar-refractivity contribution in [1.29, 1.82) is 0 Å². The number of β-amino-alcohol motifs (C(OH)–C–C–N with tert-alkyl or cyclic N) is 1. The molecular formula is C23H21F3N6O4S. The third-order valence-electron chi connectivity index (χ3n) is 5.87. The number of alkyl halides is 3. The molecule has 1 saturated heterocycles. The Kier molecular flexibility index (Phi) is 6.37. The highest BCUT2D eigenvalue weighted by Crippen LogP contribution is 2.33. The Labute approximate surface area is 211 Å². The van der Waals surface area contributed by atoms with Gasteiger partial charge in [0.1, 0.15) is 5.75 Å². The minimum atomic E-state index is -4.78. The highest BCUT2D eigenvalue weighted by atomic mass is 32.1. The Balaban J connectivity index is 1.29. The second-order valence-electron chi connectivity index (χ2n) is 8.48. The van der Waals surface area contributed by atoms with E-state index in [9.17, 15) is 27.9 Å². The van der Waals surface area contributed by atoms with E-state index in [1.807, 2.05) is 0 Å². The SMILES string of the molecule is Cn1c(Nc2nc3ccc(OC(F)(F)F)cc3s2)nc2cc(C(=O)NCC(=O)N3CC[C@@H](O)C3)ccc21. The molecule has 4 aromatic rings. The topological polar surface area (TPSA) is 122 Å². The number of ether oxygens (including phenoxy) is 1. The lowest BCUT2D eigenvalue weighted by Gasteiger charge is -2.15. The lowest BCUT2D eigenvalue weighted by Crippen LogP contribution is -2.39.